The van der Waals surface area contributed by atoms with Crippen molar-refractivity contribution in [3.05, 3.63) is 71.3 Å². The summed E-state index contributed by atoms with van der Waals surface area (Å²) in [5.74, 6) is 1.67. The Balaban J connectivity index is 1.34. The summed E-state index contributed by atoms with van der Waals surface area (Å²) in [6.07, 6.45) is 4.15. The molecule has 7 nitrogen and oxygen atoms in total. The molecule has 0 atom stereocenters. The van der Waals surface area contributed by atoms with Crippen LogP contribution < -0.4 is 9.64 Å². The van der Waals surface area contributed by atoms with Gasteiger partial charge in [0.05, 0.1) is 34.8 Å². The van der Waals surface area contributed by atoms with Gasteiger partial charge < -0.3 is 14.6 Å². The zero-order valence-electron chi connectivity index (χ0n) is 20.7. The van der Waals surface area contributed by atoms with Crippen LogP contribution in [0.2, 0.25) is 0 Å². The fraction of sp³-hybridized carbons (Fsp3) is 0.207. The molecule has 0 fully saturated rings. The maximum atomic E-state index is 12.9. The average molecular weight is 478 g/mol. The summed E-state index contributed by atoms with van der Waals surface area (Å²) in [5, 5.41) is 8.71. The van der Waals surface area contributed by atoms with Crippen LogP contribution in [0, 0.1) is 0 Å². The molecule has 0 saturated carbocycles. The number of likely N-dealkylation sites (N-methyl/N-ethyl adjacent to an activating group) is 1. The van der Waals surface area contributed by atoms with Crippen molar-refractivity contribution >= 4 is 45.7 Å². The molecule has 0 aliphatic carbocycles. The standard InChI is InChI=1S/C29H27N5O2/c1-5-34-25-16-24-23(15-21(25)29(2,3)28(34)35)30-27(31-24)26-20-13-10-18(14-22(20)32-33-26)7-6-17-8-11-19(36-4)12-9-17/h6-16H,5H2,1-4H3,(H,30,31)(H,32,33). The number of anilines is 1. The highest BCUT2D eigenvalue weighted by atomic mass is 16.5. The van der Waals surface area contributed by atoms with Crippen molar-refractivity contribution in [3.63, 3.8) is 0 Å². The lowest BCUT2D eigenvalue weighted by molar-refractivity contribution is -0.122. The van der Waals surface area contributed by atoms with E-state index in [0.29, 0.717) is 12.4 Å². The average Bonchev–Trinajstić information content (AvgIpc) is 3.54. The highest BCUT2D eigenvalue weighted by Gasteiger charge is 2.43. The van der Waals surface area contributed by atoms with Crippen LogP contribution >= 0.6 is 0 Å². The van der Waals surface area contributed by atoms with Crippen LogP contribution in [0.25, 0.3) is 45.6 Å². The molecule has 2 aromatic heterocycles. The molecule has 7 heteroatoms. The molecule has 5 aromatic rings. The Labute approximate surface area is 208 Å². The molecule has 1 amide bonds. The molecule has 3 heterocycles. The van der Waals surface area contributed by atoms with E-state index in [2.05, 4.69) is 51.6 Å². The normalized spacial score (nSPS) is 14.9. The Hall–Kier alpha value is -4.39. The number of rotatable bonds is 5. The Morgan fingerprint density at radius 2 is 1.75 bits per heavy atom. The van der Waals surface area contributed by atoms with Crippen molar-refractivity contribution in [1.29, 1.82) is 0 Å². The van der Waals surface area contributed by atoms with Crippen molar-refractivity contribution in [1.82, 2.24) is 20.2 Å². The van der Waals surface area contributed by atoms with Gasteiger partial charge in [0.15, 0.2) is 5.82 Å². The Morgan fingerprint density at radius 1 is 1.00 bits per heavy atom. The van der Waals surface area contributed by atoms with Gasteiger partial charge in [-0.1, -0.05) is 30.4 Å². The van der Waals surface area contributed by atoms with Gasteiger partial charge in [0.1, 0.15) is 11.4 Å². The fourth-order valence-corrected chi connectivity index (χ4v) is 4.99. The fourth-order valence-electron chi connectivity index (χ4n) is 4.99. The predicted octanol–water partition coefficient (Wildman–Crippen LogP) is 5.93. The minimum absolute atomic E-state index is 0.128. The molecule has 0 radical (unpaired) electrons. The molecule has 2 N–H and O–H groups in total. The predicted molar refractivity (Wildman–Crippen MR) is 144 cm³/mol. The second-order valence-electron chi connectivity index (χ2n) is 9.63. The third kappa shape index (κ3) is 3.39. The number of benzene rings is 3. The van der Waals surface area contributed by atoms with Gasteiger partial charge in [-0.2, -0.15) is 5.10 Å². The monoisotopic (exact) mass is 477 g/mol. The third-order valence-electron chi connectivity index (χ3n) is 7.05. The maximum absolute atomic E-state index is 12.9. The van der Waals surface area contributed by atoms with E-state index >= 15 is 0 Å². The van der Waals surface area contributed by atoms with Gasteiger partial charge >= 0.3 is 0 Å². The van der Waals surface area contributed by atoms with Crippen LogP contribution in [0.1, 0.15) is 37.5 Å². The number of amides is 1. The number of fused-ring (bicyclic) bond motifs is 3. The summed E-state index contributed by atoms with van der Waals surface area (Å²) >= 11 is 0. The lowest BCUT2D eigenvalue weighted by Crippen LogP contribution is -2.35. The zero-order valence-corrected chi connectivity index (χ0v) is 20.7. The van der Waals surface area contributed by atoms with Crippen LogP contribution in [-0.4, -0.2) is 39.7 Å². The lowest BCUT2D eigenvalue weighted by atomic mass is 9.86. The van der Waals surface area contributed by atoms with E-state index in [0.717, 1.165) is 55.8 Å². The second kappa shape index (κ2) is 8.09. The first kappa shape index (κ1) is 22.1. The van der Waals surface area contributed by atoms with E-state index in [1.165, 1.54) is 0 Å². The van der Waals surface area contributed by atoms with Gasteiger partial charge in [0, 0.05) is 11.9 Å². The maximum Gasteiger partial charge on any atom is 0.237 e. The largest absolute Gasteiger partial charge is 0.497 e. The number of carbonyl (C=O) groups excluding carboxylic acids is 1. The van der Waals surface area contributed by atoms with Gasteiger partial charge in [0.2, 0.25) is 5.91 Å². The quantitative estimate of drug-likeness (QED) is 0.307. The first-order valence-electron chi connectivity index (χ1n) is 12.1. The molecular formula is C29H27N5O2. The van der Waals surface area contributed by atoms with Gasteiger partial charge in [-0.15, -0.1) is 0 Å². The minimum atomic E-state index is -0.556. The number of methoxy groups -OCH3 is 1. The zero-order chi connectivity index (χ0) is 25.0. The molecule has 0 spiro atoms. The minimum Gasteiger partial charge on any atom is -0.497 e. The van der Waals surface area contributed by atoms with E-state index in [1.54, 1.807) is 7.11 Å². The Morgan fingerprint density at radius 3 is 2.50 bits per heavy atom. The molecular weight excluding hydrogens is 450 g/mol. The van der Waals surface area contributed by atoms with Crippen molar-refractivity contribution in [2.45, 2.75) is 26.2 Å². The molecule has 6 rings (SSSR count). The molecule has 180 valence electrons. The van der Waals surface area contributed by atoms with Crippen molar-refractivity contribution < 1.29 is 9.53 Å². The topological polar surface area (TPSA) is 86.9 Å². The van der Waals surface area contributed by atoms with E-state index in [-0.39, 0.29) is 5.91 Å². The number of H-pyrrole nitrogens is 2. The van der Waals surface area contributed by atoms with E-state index < -0.39 is 5.41 Å². The summed E-state index contributed by atoms with van der Waals surface area (Å²) in [7, 11) is 1.67. The number of nitrogens with zero attached hydrogens (tertiary/aromatic N) is 3. The first-order valence-corrected chi connectivity index (χ1v) is 12.1. The number of hydrogen-bond donors (Lipinski definition) is 2. The van der Waals surface area contributed by atoms with Crippen molar-refractivity contribution in [3.8, 4) is 17.3 Å². The molecule has 36 heavy (non-hydrogen) atoms. The van der Waals surface area contributed by atoms with E-state index in [1.807, 2.05) is 56.0 Å². The van der Waals surface area contributed by atoms with E-state index in [4.69, 9.17) is 9.72 Å². The Bertz CT molecular complexity index is 1660. The summed E-state index contributed by atoms with van der Waals surface area (Å²) in [6, 6.07) is 18.2. The summed E-state index contributed by atoms with van der Waals surface area (Å²) in [5.41, 5.74) is 7.02. The molecule has 0 saturated heterocycles. The molecule has 3 aromatic carbocycles. The SMILES string of the molecule is CCN1C(=O)C(C)(C)c2cc3[nH]c(-c4n[nH]c5cc(C=Cc6ccc(OC)cc6)ccc45)nc3cc21. The van der Waals surface area contributed by atoms with Crippen molar-refractivity contribution in [2.24, 2.45) is 0 Å². The number of aromatic nitrogens is 4. The van der Waals surface area contributed by atoms with Crippen LogP contribution in [-0.2, 0) is 10.2 Å². The molecule has 1 aliphatic heterocycles. The molecule has 1 aliphatic rings. The van der Waals surface area contributed by atoms with E-state index in [9.17, 15) is 4.79 Å². The van der Waals surface area contributed by atoms with Gasteiger partial charge in [-0.05, 0) is 73.9 Å². The number of imidazole rings is 1. The lowest BCUT2D eigenvalue weighted by Gasteiger charge is -2.18. The number of carbonyl (C=O) groups is 1. The van der Waals surface area contributed by atoms with Crippen LogP contribution in [0.3, 0.4) is 0 Å². The van der Waals surface area contributed by atoms with Gasteiger partial charge in [-0.25, -0.2) is 4.98 Å². The van der Waals surface area contributed by atoms with Crippen molar-refractivity contribution in [2.75, 3.05) is 18.6 Å². The number of hydrogen-bond acceptors (Lipinski definition) is 4. The van der Waals surface area contributed by atoms with Gasteiger partial charge in [-0.3, -0.25) is 9.89 Å². The Kier molecular flexibility index (Phi) is 4.96. The highest BCUT2D eigenvalue weighted by Crippen LogP contribution is 2.43. The van der Waals surface area contributed by atoms with Crippen LogP contribution in [0.5, 0.6) is 5.75 Å². The second-order valence-corrected chi connectivity index (χ2v) is 9.63. The summed E-state index contributed by atoms with van der Waals surface area (Å²) < 4.78 is 5.22. The van der Waals surface area contributed by atoms with Gasteiger partial charge in [0.25, 0.3) is 0 Å². The molecule has 0 unspecified atom stereocenters. The number of aromatic amines is 2. The number of nitrogens with one attached hydrogen (secondary N) is 2. The highest BCUT2D eigenvalue weighted by molar-refractivity contribution is 6.09. The first-order chi connectivity index (χ1) is 17.4. The summed E-state index contributed by atoms with van der Waals surface area (Å²) in [6.45, 7) is 6.60. The molecule has 0 bridgehead atoms. The number of ether oxygens (including phenoxy) is 1. The van der Waals surface area contributed by atoms with Crippen LogP contribution in [0.4, 0.5) is 5.69 Å². The summed E-state index contributed by atoms with van der Waals surface area (Å²) in [4.78, 5) is 23.0. The van der Waals surface area contributed by atoms with Crippen LogP contribution in [0.15, 0.2) is 54.6 Å². The third-order valence-corrected chi connectivity index (χ3v) is 7.05. The smallest absolute Gasteiger partial charge is 0.237 e.